The van der Waals surface area contributed by atoms with Crippen LogP contribution in [0.1, 0.15) is 26.2 Å². The number of nitrogens with one attached hydrogen (secondary N) is 1. The molecule has 0 aliphatic heterocycles. The highest BCUT2D eigenvalue weighted by Crippen LogP contribution is 2.22. The third-order valence-electron chi connectivity index (χ3n) is 2.12. The molecule has 0 aromatic rings. The average molecular weight is 185 g/mol. The lowest BCUT2D eigenvalue weighted by molar-refractivity contribution is -0.114. The van der Waals surface area contributed by atoms with Crippen molar-refractivity contribution in [1.82, 2.24) is 5.32 Å². The molecule has 68 valence electrons. The zero-order valence-corrected chi connectivity index (χ0v) is 8.29. The van der Waals surface area contributed by atoms with Crippen molar-refractivity contribution < 1.29 is 4.79 Å². The van der Waals surface area contributed by atoms with E-state index in [0.717, 1.165) is 42.8 Å². The molecule has 1 aliphatic carbocycles. The lowest BCUT2D eigenvalue weighted by Gasteiger charge is -2.06. The van der Waals surface area contributed by atoms with Crippen molar-refractivity contribution in [2.24, 2.45) is 0 Å². The maximum atomic E-state index is 11.3. The number of rotatable bonds is 3. The fourth-order valence-electron chi connectivity index (χ4n) is 1.46. The molecule has 0 aromatic heterocycles. The monoisotopic (exact) mass is 185 g/mol. The van der Waals surface area contributed by atoms with Crippen LogP contribution in [0.15, 0.2) is 11.3 Å². The number of hydrogen-bond acceptors (Lipinski definition) is 3. The molecule has 3 heteroatoms. The molecular weight excluding hydrogens is 170 g/mol. The van der Waals surface area contributed by atoms with Crippen molar-refractivity contribution in [3.8, 4) is 0 Å². The summed E-state index contributed by atoms with van der Waals surface area (Å²) in [7, 11) is 0. The molecule has 0 spiro atoms. The van der Waals surface area contributed by atoms with Crippen molar-refractivity contribution in [3.63, 3.8) is 0 Å². The first-order valence-corrected chi connectivity index (χ1v) is 4.96. The largest absolute Gasteiger partial charge is 0.387 e. The van der Waals surface area contributed by atoms with Crippen LogP contribution in [0.5, 0.6) is 0 Å². The Morgan fingerprint density at radius 3 is 2.83 bits per heavy atom. The highest BCUT2D eigenvalue weighted by atomic mass is 32.1. The number of carbonyl (C=O) groups is 1. The molecule has 0 saturated heterocycles. The van der Waals surface area contributed by atoms with Gasteiger partial charge in [-0.05, 0) is 19.8 Å². The van der Waals surface area contributed by atoms with Gasteiger partial charge in [-0.2, -0.15) is 12.6 Å². The molecule has 0 unspecified atom stereocenters. The summed E-state index contributed by atoms with van der Waals surface area (Å²) in [5.74, 6) is 1.12. The molecule has 1 N–H and O–H groups in total. The predicted molar refractivity (Wildman–Crippen MR) is 53.4 cm³/mol. The second-order valence-corrected chi connectivity index (χ2v) is 3.48. The Balaban J connectivity index is 2.55. The van der Waals surface area contributed by atoms with Gasteiger partial charge in [0.2, 0.25) is 0 Å². The van der Waals surface area contributed by atoms with Gasteiger partial charge < -0.3 is 5.32 Å². The van der Waals surface area contributed by atoms with Gasteiger partial charge in [-0.3, -0.25) is 4.79 Å². The Morgan fingerprint density at radius 1 is 1.58 bits per heavy atom. The molecule has 1 rings (SSSR count). The number of carbonyl (C=O) groups excluding carboxylic acids is 1. The molecule has 0 aromatic carbocycles. The number of ketones is 1. The highest BCUT2D eigenvalue weighted by molar-refractivity contribution is 7.80. The predicted octanol–water partition coefficient (Wildman–Crippen LogP) is 1.53. The van der Waals surface area contributed by atoms with Crippen LogP contribution in [0.25, 0.3) is 0 Å². The van der Waals surface area contributed by atoms with Gasteiger partial charge in [0.1, 0.15) is 0 Å². The van der Waals surface area contributed by atoms with Crippen LogP contribution in [0.2, 0.25) is 0 Å². The van der Waals surface area contributed by atoms with E-state index in [4.69, 9.17) is 0 Å². The molecular formula is C9H15NOS. The minimum absolute atomic E-state index is 0.319. The quantitative estimate of drug-likeness (QED) is 0.516. The third kappa shape index (κ3) is 2.27. The fourth-order valence-corrected chi connectivity index (χ4v) is 1.57. The average Bonchev–Trinajstić information content (AvgIpc) is 2.47. The van der Waals surface area contributed by atoms with Crippen molar-refractivity contribution in [2.75, 3.05) is 12.3 Å². The smallest absolute Gasteiger partial charge is 0.160 e. The van der Waals surface area contributed by atoms with E-state index in [2.05, 4.69) is 17.9 Å². The van der Waals surface area contributed by atoms with Crippen molar-refractivity contribution in [1.29, 1.82) is 0 Å². The van der Waals surface area contributed by atoms with E-state index in [1.165, 1.54) is 0 Å². The molecule has 0 amide bonds. The lowest BCUT2D eigenvalue weighted by atomic mass is 10.1. The van der Waals surface area contributed by atoms with Crippen LogP contribution in [0.3, 0.4) is 0 Å². The summed E-state index contributed by atoms with van der Waals surface area (Å²) in [5.41, 5.74) is 2.04. The molecule has 0 bridgehead atoms. The first-order chi connectivity index (χ1) is 5.75. The number of hydrogen-bond donors (Lipinski definition) is 2. The summed E-state index contributed by atoms with van der Waals surface area (Å²) >= 11 is 4.09. The second-order valence-electron chi connectivity index (χ2n) is 3.03. The number of allylic oxidation sites excluding steroid dienone is 2. The maximum Gasteiger partial charge on any atom is 0.160 e. The molecule has 2 nitrogen and oxygen atoms in total. The Hall–Kier alpha value is -0.440. The normalized spacial score (nSPS) is 21.3. The minimum atomic E-state index is 0.319. The topological polar surface area (TPSA) is 29.1 Å². The van der Waals surface area contributed by atoms with Gasteiger partial charge in [0.15, 0.2) is 5.78 Å². The van der Waals surface area contributed by atoms with Crippen LogP contribution in [-0.2, 0) is 4.79 Å². The van der Waals surface area contributed by atoms with Gasteiger partial charge in [0, 0.05) is 30.0 Å². The van der Waals surface area contributed by atoms with Gasteiger partial charge in [0.25, 0.3) is 0 Å². The number of thiol groups is 1. The Morgan fingerprint density at radius 2 is 2.33 bits per heavy atom. The van der Waals surface area contributed by atoms with Gasteiger partial charge in [-0.25, -0.2) is 0 Å². The molecule has 12 heavy (non-hydrogen) atoms. The Kier molecular flexibility index (Phi) is 3.66. The van der Waals surface area contributed by atoms with E-state index in [0.29, 0.717) is 5.78 Å². The molecule has 0 radical (unpaired) electrons. The van der Waals surface area contributed by atoms with Crippen LogP contribution in [0.4, 0.5) is 0 Å². The fraction of sp³-hybridized carbons (Fsp3) is 0.667. The Labute approximate surface area is 78.8 Å². The molecule has 0 atom stereocenters. The summed E-state index contributed by atoms with van der Waals surface area (Å²) in [6.07, 6.45) is 2.70. The highest BCUT2D eigenvalue weighted by Gasteiger charge is 2.18. The summed E-state index contributed by atoms with van der Waals surface area (Å²) in [6.45, 7) is 2.81. The van der Waals surface area contributed by atoms with Crippen molar-refractivity contribution >= 4 is 18.4 Å². The SMILES string of the molecule is C/C(NCCS)=C1\CCCC1=O. The Bertz CT molecular complexity index is 211. The number of Topliss-reactive ketones (excluding diaryl/α,β-unsaturated/α-hetero) is 1. The third-order valence-corrected chi connectivity index (χ3v) is 2.35. The molecule has 1 fully saturated rings. The zero-order valence-electron chi connectivity index (χ0n) is 7.39. The van der Waals surface area contributed by atoms with E-state index >= 15 is 0 Å². The van der Waals surface area contributed by atoms with Crippen molar-refractivity contribution in [3.05, 3.63) is 11.3 Å². The zero-order chi connectivity index (χ0) is 8.97. The molecule has 0 heterocycles. The minimum Gasteiger partial charge on any atom is -0.387 e. The second kappa shape index (κ2) is 4.55. The molecule has 1 aliphatic rings. The van der Waals surface area contributed by atoms with Gasteiger partial charge in [-0.1, -0.05) is 0 Å². The summed E-state index contributed by atoms with van der Waals surface area (Å²) in [6, 6.07) is 0. The lowest BCUT2D eigenvalue weighted by Crippen LogP contribution is -2.16. The van der Waals surface area contributed by atoms with E-state index in [-0.39, 0.29) is 0 Å². The maximum absolute atomic E-state index is 11.3. The summed E-state index contributed by atoms with van der Waals surface area (Å²) in [5, 5.41) is 3.19. The first-order valence-electron chi connectivity index (χ1n) is 4.33. The first kappa shape index (κ1) is 9.65. The van der Waals surface area contributed by atoms with Gasteiger partial charge >= 0.3 is 0 Å². The van der Waals surface area contributed by atoms with Crippen LogP contribution in [0, 0.1) is 0 Å². The van der Waals surface area contributed by atoms with Crippen LogP contribution < -0.4 is 5.32 Å². The molecule has 1 saturated carbocycles. The summed E-state index contributed by atoms with van der Waals surface area (Å²) in [4.78, 5) is 11.3. The van der Waals surface area contributed by atoms with E-state index in [9.17, 15) is 4.79 Å². The van der Waals surface area contributed by atoms with E-state index in [1.54, 1.807) is 0 Å². The van der Waals surface area contributed by atoms with Crippen molar-refractivity contribution in [2.45, 2.75) is 26.2 Å². The van der Waals surface area contributed by atoms with Crippen LogP contribution >= 0.6 is 12.6 Å². The standard InChI is InChI=1S/C9H15NOS/c1-7(10-5-6-12)8-3-2-4-9(8)11/h10,12H,2-6H2,1H3/b8-7-. The van der Waals surface area contributed by atoms with E-state index in [1.807, 2.05) is 6.92 Å². The van der Waals surface area contributed by atoms with Gasteiger partial charge in [-0.15, -0.1) is 0 Å². The van der Waals surface area contributed by atoms with Gasteiger partial charge in [0.05, 0.1) is 0 Å². The van der Waals surface area contributed by atoms with E-state index < -0.39 is 0 Å². The van der Waals surface area contributed by atoms with Crippen LogP contribution in [-0.4, -0.2) is 18.1 Å². The summed E-state index contributed by atoms with van der Waals surface area (Å²) < 4.78 is 0.